The minimum atomic E-state index is 0.0827. The fourth-order valence-corrected chi connectivity index (χ4v) is 4.26. The van der Waals surface area contributed by atoms with Crippen LogP contribution in [0.3, 0.4) is 0 Å². The van der Waals surface area contributed by atoms with Crippen LogP contribution in [-0.2, 0) is 4.74 Å². The normalized spacial score (nSPS) is 15.7. The number of rotatable bonds is 6. The Kier molecular flexibility index (Phi) is 6.63. The van der Waals surface area contributed by atoms with E-state index in [1.165, 1.54) is 22.4 Å². The molecule has 0 aliphatic carbocycles. The van der Waals surface area contributed by atoms with Gasteiger partial charge in [-0.05, 0) is 54.8 Å². The lowest BCUT2D eigenvalue weighted by Crippen LogP contribution is -2.36. The number of hydrogen-bond acceptors (Lipinski definition) is 5. The van der Waals surface area contributed by atoms with Gasteiger partial charge in [-0.2, -0.15) is 0 Å². The quantitative estimate of drug-likeness (QED) is 0.352. The molecule has 5 heteroatoms. The third-order valence-electron chi connectivity index (χ3n) is 5.98. The largest absolute Gasteiger partial charge is 0.411 e. The van der Waals surface area contributed by atoms with Crippen LogP contribution < -0.4 is 4.90 Å². The average Bonchev–Trinajstić information content (AvgIpc) is 2.81. The SMILES string of the molecule is Cc1cc(/C(C[C@@H](c2ccc(N3CCOCC3)cc2)c2ccccc2C)=N\O)ccn1. The maximum atomic E-state index is 9.85. The van der Waals surface area contributed by atoms with Gasteiger partial charge in [-0.25, -0.2) is 0 Å². The van der Waals surface area contributed by atoms with Gasteiger partial charge in [-0.1, -0.05) is 41.6 Å². The van der Waals surface area contributed by atoms with Crippen LogP contribution in [0.1, 0.15) is 40.3 Å². The maximum Gasteiger partial charge on any atom is 0.0878 e. The molecule has 0 unspecified atom stereocenters. The number of nitrogens with zero attached hydrogens (tertiary/aromatic N) is 3. The van der Waals surface area contributed by atoms with Gasteiger partial charge in [-0.3, -0.25) is 4.98 Å². The van der Waals surface area contributed by atoms with Crippen LogP contribution in [0.4, 0.5) is 5.69 Å². The maximum absolute atomic E-state index is 9.85. The van der Waals surface area contributed by atoms with Gasteiger partial charge >= 0.3 is 0 Å². The molecule has 1 aliphatic rings. The first kappa shape index (κ1) is 21.1. The van der Waals surface area contributed by atoms with Crippen molar-refractivity contribution in [2.24, 2.45) is 5.16 Å². The summed E-state index contributed by atoms with van der Waals surface area (Å²) < 4.78 is 5.48. The van der Waals surface area contributed by atoms with E-state index in [-0.39, 0.29) is 5.92 Å². The molecular formula is C26H29N3O2. The topological polar surface area (TPSA) is 58.0 Å². The molecule has 0 bridgehead atoms. The zero-order valence-electron chi connectivity index (χ0n) is 18.2. The number of benzene rings is 2. The summed E-state index contributed by atoms with van der Waals surface area (Å²) in [6, 6.07) is 21.1. The number of ether oxygens (including phenoxy) is 1. The minimum Gasteiger partial charge on any atom is -0.411 e. The molecule has 3 aromatic rings. The Morgan fingerprint density at radius 2 is 1.81 bits per heavy atom. The minimum absolute atomic E-state index is 0.0827. The lowest BCUT2D eigenvalue weighted by Gasteiger charge is -2.29. The fraction of sp³-hybridized carbons (Fsp3) is 0.308. The Labute approximate surface area is 184 Å². The summed E-state index contributed by atoms with van der Waals surface area (Å²) in [5, 5.41) is 13.5. The third-order valence-corrected chi connectivity index (χ3v) is 5.98. The first-order valence-electron chi connectivity index (χ1n) is 10.8. The summed E-state index contributed by atoms with van der Waals surface area (Å²) in [6.45, 7) is 7.47. The molecule has 0 radical (unpaired) electrons. The predicted molar refractivity (Wildman–Crippen MR) is 124 cm³/mol. The van der Waals surface area contributed by atoms with Crippen molar-refractivity contribution in [3.63, 3.8) is 0 Å². The molecule has 2 aromatic carbocycles. The highest BCUT2D eigenvalue weighted by Gasteiger charge is 2.21. The molecule has 4 rings (SSSR count). The summed E-state index contributed by atoms with van der Waals surface area (Å²) >= 11 is 0. The summed E-state index contributed by atoms with van der Waals surface area (Å²) in [7, 11) is 0. The number of hydrogen-bond donors (Lipinski definition) is 1. The Balaban J connectivity index is 1.67. The highest BCUT2D eigenvalue weighted by molar-refractivity contribution is 6.01. The number of aromatic nitrogens is 1. The standard InChI is InChI=1S/C26H29N3O2/c1-19-5-3-4-6-24(19)25(18-26(28-30)22-11-12-27-20(2)17-22)21-7-9-23(10-8-21)29-13-15-31-16-14-29/h3-12,17,25,30H,13-16,18H2,1-2H3/b28-26-/t25-/m0/s1. The van der Waals surface area contributed by atoms with E-state index in [1.54, 1.807) is 6.20 Å². The molecule has 1 aliphatic heterocycles. The first-order chi connectivity index (χ1) is 15.2. The third kappa shape index (κ3) is 4.94. The van der Waals surface area contributed by atoms with E-state index in [9.17, 15) is 5.21 Å². The molecule has 0 amide bonds. The van der Waals surface area contributed by atoms with Gasteiger partial charge in [0, 0.05) is 48.6 Å². The van der Waals surface area contributed by atoms with Crippen LogP contribution in [0.25, 0.3) is 0 Å². The van der Waals surface area contributed by atoms with E-state index >= 15 is 0 Å². The van der Waals surface area contributed by atoms with E-state index in [0.29, 0.717) is 12.1 Å². The van der Waals surface area contributed by atoms with Crippen LogP contribution in [0, 0.1) is 13.8 Å². The van der Waals surface area contributed by atoms with Crippen molar-refractivity contribution in [3.8, 4) is 0 Å². The van der Waals surface area contributed by atoms with Crippen molar-refractivity contribution in [1.29, 1.82) is 0 Å². The van der Waals surface area contributed by atoms with Gasteiger partial charge in [0.05, 0.1) is 18.9 Å². The Morgan fingerprint density at radius 3 is 2.48 bits per heavy atom. The monoisotopic (exact) mass is 415 g/mol. The molecule has 5 nitrogen and oxygen atoms in total. The van der Waals surface area contributed by atoms with Crippen LogP contribution in [0.15, 0.2) is 72.0 Å². The zero-order valence-corrected chi connectivity index (χ0v) is 18.2. The molecule has 0 saturated carbocycles. The van der Waals surface area contributed by atoms with Gasteiger partial charge < -0.3 is 14.8 Å². The molecule has 1 N–H and O–H groups in total. The fourth-order valence-electron chi connectivity index (χ4n) is 4.26. The molecule has 1 atom stereocenters. The Hall–Kier alpha value is -3.18. The summed E-state index contributed by atoms with van der Waals surface area (Å²) in [4.78, 5) is 6.63. The van der Waals surface area contributed by atoms with Crippen molar-refractivity contribution in [1.82, 2.24) is 4.98 Å². The van der Waals surface area contributed by atoms with Crippen LogP contribution in [0.2, 0.25) is 0 Å². The van der Waals surface area contributed by atoms with E-state index < -0.39 is 0 Å². The highest BCUT2D eigenvalue weighted by Crippen LogP contribution is 2.33. The van der Waals surface area contributed by atoms with Gasteiger partial charge in [0.25, 0.3) is 0 Å². The number of oxime groups is 1. The van der Waals surface area contributed by atoms with Crippen LogP contribution in [0.5, 0.6) is 0 Å². The predicted octanol–water partition coefficient (Wildman–Crippen LogP) is 4.94. The van der Waals surface area contributed by atoms with E-state index in [2.05, 4.69) is 70.5 Å². The first-order valence-corrected chi connectivity index (χ1v) is 10.8. The smallest absolute Gasteiger partial charge is 0.0878 e. The Morgan fingerprint density at radius 1 is 1.06 bits per heavy atom. The molecule has 31 heavy (non-hydrogen) atoms. The molecule has 1 saturated heterocycles. The lowest BCUT2D eigenvalue weighted by atomic mass is 9.83. The van der Waals surface area contributed by atoms with Gasteiger partial charge in [-0.15, -0.1) is 0 Å². The molecule has 1 fully saturated rings. The number of aryl methyl sites for hydroxylation is 2. The van der Waals surface area contributed by atoms with E-state index in [4.69, 9.17) is 4.74 Å². The second-order valence-electron chi connectivity index (χ2n) is 8.04. The Bertz CT molecular complexity index is 1040. The van der Waals surface area contributed by atoms with Crippen molar-refractivity contribution in [3.05, 3.63) is 94.8 Å². The summed E-state index contributed by atoms with van der Waals surface area (Å²) in [6.07, 6.45) is 2.36. The van der Waals surface area contributed by atoms with Crippen molar-refractivity contribution >= 4 is 11.4 Å². The number of morpholine rings is 1. The number of pyridine rings is 1. The summed E-state index contributed by atoms with van der Waals surface area (Å²) in [5.41, 5.74) is 7.37. The molecule has 1 aromatic heterocycles. The highest BCUT2D eigenvalue weighted by atomic mass is 16.5. The lowest BCUT2D eigenvalue weighted by molar-refractivity contribution is 0.122. The zero-order chi connectivity index (χ0) is 21.6. The molecule has 2 heterocycles. The van der Waals surface area contributed by atoms with Crippen LogP contribution in [-0.4, -0.2) is 42.2 Å². The van der Waals surface area contributed by atoms with Crippen LogP contribution >= 0.6 is 0 Å². The number of anilines is 1. The van der Waals surface area contributed by atoms with Gasteiger partial charge in [0.15, 0.2) is 0 Å². The van der Waals surface area contributed by atoms with Crippen molar-refractivity contribution in [2.45, 2.75) is 26.2 Å². The van der Waals surface area contributed by atoms with E-state index in [0.717, 1.165) is 37.6 Å². The summed E-state index contributed by atoms with van der Waals surface area (Å²) in [5.74, 6) is 0.0827. The second kappa shape index (κ2) is 9.75. The molecule has 160 valence electrons. The van der Waals surface area contributed by atoms with Gasteiger partial charge in [0.1, 0.15) is 0 Å². The molecular weight excluding hydrogens is 386 g/mol. The average molecular weight is 416 g/mol. The van der Waals surface area contributed by atoms with Gasteiger partial charge in [0.2, 0.25) is 0 Å². The second-order valence-corrected chi connectivity index (χ2v) is 8.04. The molecule has 0 spiro atoms. The van der Waals surface area contributed by atoms with Crippen molar-refractivity contribution in [2.75, 3.05) is 31.2 Å². The van der Waals surface area contributed by atoms with Crippen molar-refractivity contribution < 1.29 is 9.94 Å². The van der Waals surface area contributed by atoms with E-state index in [1.807, 2.05) is 19.1 Å².